The van der Waals surface area contributed by atoms with Gasteiger partial charge in [-0.15, -0.1) is 0 Å². The van der Waals surface area contributed by atoms with Gasteiger partial charge in [0.1, 0.15) is 5.75 Å². The van der Waals surface area contributed by atoms with Crippen molar-refractivity contribution in [2.75, 3.05) is 31.5 Å². The van der Waals surface area contributed by atoms with Crippen molar-refractivity contribution >= 4 is 40.5 Å². The number of carbonyl (C=O) groups excluding carboxylic acids is 2. The summed E-state index contributed by atoms with van der Waals surface area (Å²) in [4.78, 5) is 28.6. The smallest absolute Gasteiger partial charge is 0.199 e. The molecule has 0 saturated carbocycles. The van der Waals surface area contributed by atoms with Crippen LogP contribution in [0.3, 0.4) is 0 Å². The fourth-order valence-corrected chi connectivity index (χ4v) is 4.47. The number of hydrogen-bond acceptors (Lipinski definition) is 5. The molecule has 0 radical (unpaired) electrons. The first-order valence-corrected chi connectivity index (χ1v) is 10.1. The average Bonchev–Trinajstić information content (AvgIpc) is 2.69. The first-order valence-electron chi connectivity index (χ1n) is 9.38. The van der Waals surface area contributed by atoms with Crippen LogP contribution in [0.1, 0.15) is 51.1 Å². The number of nitrogens with zero attached hydrogens (tertiary/aromatic N) is 1. The zero-order valence-electron chi connectivity index (χ0n) is 15.2. The van der Waals surface area contributed by atoms with Gasteiger partial charge in [0.05, 0.1) is 32.3 Å². The van der Waals surface area contributed by atoms with Crippen LogP contribution < -0.4 is 5.32 Å². The minimum absolute atomic E-state index is 0.0235. The molecule has 28 heavy (non-hydrogen) atoms. The van der Waals surface area contributed by atoms with Crippen LogP contribution in [0.25, 0.3) is 0 Å². The maximum atomic E-state index is 13.2. The van der Waals surface area contributed by atoms with Crippen LogP contribution in [0, 0.1) is 0 Å². The predicted octanol–water partition coefficient (Wildman–Crippen LogP) is 4.37. The molecule has 1 fully saturated rings. The van der Waals surface area contributed by atoms with Crippen LogP contribution in [-0.2, 0) is 0 Å². The summed E-state index contributed by atoms with van der Waals surface area (Å²) in [5, 5.41) is 13.9. The van der Waals surface area contributed by atoms with E-state index < -0.39 is 11.6 Å². The lowest BCUT2D eigenvalue weighted by molar-refractivity contribution is 0.0977. The van der Waals surface area contributed by atoms with Crippen molar-refractivity contribution < 1.29 is 14.7 Å². The lowest BCUT2D eigenvalue weighted by Gasteiger charge is -2.27. The standard InChI is InChI=1S/C21H20Cl2N2O3/c22-12-4-5-13(23)17-16(12)20(27)18-14(6-7-15(26)19(18)21(17)28)24-8-11-25-9-2-1-3-10-25/h4-7,24,26H,1-3,8-11H2. The number of phenolic OH excluding ortho intramolecular Hbond substituents is 1. The molecule has 1 saturated heterocycles. The Bertz CT molecular complexity index is 969. The third-order valence-corrected chi connectivity index (χ3v) is 6.02. The Morgan fingerprint density at radius 1 is 0.857 bits per heavy atom. The molecule has 2 aromatic carbocycles. The number of piperidine rings is 1. The van der Waals surface area contributed by atoms with Gasteiger partial charge in [-0.05, 0) is 50.2 Å². The Labute approximate surface area is 173 Å². The number of nitrogens with one attached hydrogen (secondary N) is 1. The van der Waals surface area contributed by atoms with Crippen LogP contribution in [0.5, 0.6) is 5.75 Å². The van der Waals surface area contributed by atoms with Crippen molar-refractivity contribution in [2.45, 2.75) is 19.3 Å². The zero-order valence-corrected chi connectivity index (χ0v) is 16.7. The molecule has 5 nitrogen and oxygen atoms in total. The Kier molecular flexibility index (Phi) is 5.32. The summed E-state index contributed by atoms with van der Waals surface area (Å²) in [6, 6.07) is 6.04. The molecule has 2 N–H and O–H groups in total. The van der Waals surface area contributed by atoms with E-state index in [2.05, 4.69) is 10.2 Å². The number of ketones is 2. The van der Waals surface area contributed by atoms with Crippen LogP contribution >= 0.6 is 23.2 Å². The summed E-state index contributed by atoms with van der Waals surface area (Å²) in [6.45, 7) is 3.64. The van der Waals surface area contributed by atoms with Crippen molar-refractivity contribution in [3.8, 4) is 5.75 Å². The zero-order chi connectivity index (χ0) is 19.8. The summed E-state index contributed by atoms with van der Waals surface area (Å²) in [5.41, 5.74) is 0.790. The number of hydrogen-bond donors (Lipinski definition) is 2. The second kappa shape index (κ2) is 7.74. The van der Waals surface area contributed by atoms with Gasteiger partial charge < -0.3 is 15.3 Å². The Hall–Kier alpha value is -2.08. The van der Waals surface area contributed by atoms with E-state index >= 15 is 0 Å². The van der Waals surface area contributed by atoms with Gasteiger partial charge in [-0.1, -0.05) is 29.6 Å². The second-order valence-corrected chi connectivity index (χ2v) is 7.96. The van der Waals surface area contributed by atoms with Gasteiger partial charge in [0.15, 0.2) is 11.6 Å². The molecule has 2 aliphatic rings. The molecule has 4 rings (SSSR count). The van der Waals surface area contributed by atoms with E-state index in [1.165, 1.54) is 37.5 Å². The number of fused-ring (bicyclic) bond motifs is 2. The molecule has 1 heterocycles. The molecule has 1 aliphatic carbocycles. The lowest BCUT2D eigenvalue weighted by atomic mass is 9.82. The molecule has 0 atom stereocenters. The van der Waals surface area contributed by atoms with Gasteiger partial charge in [-0.3, -0.25) is 9.59 Å². The molecule has 2 aromatic rings. The summed E-state index contributed by atoms with van der Waals surface area (Å²) in [7, 11) is 0. The van der Waals surface area contributed by atoms with Gasteiger partial charge in [0.25, 0.3) is 0 Å². The van der Waals surface area contributed by atoms with E-state index in [-0.39, 0.29) is 38.0 Å². The van der Waals surface area contributed by atoms with Crippen LogP contribution in [0.4, 0.5) is 5.69 Å². The van der Waals surface area contributed by atoms with E-state index in [0.717, 1.165) is 19.6 Å². The minimum atomic E-state index is -0.491. The number of likely N-dealkylation sites (tertiary alicyclic amines) is 1. The van der Waals surface area contributed by atoms with Crippen LogP contribution in [0.15, 0.2) is 24.3 Å². The average molecular weight is 419 g/mol. The van der Waals surface area contributed by atoms with E-state index in [4.69, 9.17) is 23.2 Å². The highest BCUT2D eigenvalue weighted by molar-refractivity contribution is 6.44. The highest BCUT2D eigenvalue weighted by Crippen LogP contribution is 2.41. The molecular weight excluding hydrogens is 399 g/mol. The molecule has 0 unspecified atom stereocenters. The number of carbonyl (C=O) groups is 2. The van der Waals surface area contributed by atoms with Crippen molar-refractivity contribution in [2.24, 2.45) is 0 Å². The van der Waals surface area contributed by atoms with Crippen molar-refractivity contribution in [3.05, 3.63) is 56.6 Å². The summed E-state index contributed by atoms with van der Waals surface area (Å²) < 4.78 is 0. The SMILES string of the molecule is O=C1c2c(O)ccc(NCCN3CCCCC3)c2C(=O)c2c(Cl)ccc(Cl)c21. The van der Waals surface area contributed by atoms with Gasteiger partial charge in [0, 0.05) is 18.8 Å². The monoisotopic (exact) mass is 418 g/mol. The number of benzene rings is 2. The molecule has 0 spiro atoms. The number of rotatable bonds is 4. The van der Waals surface area contributed by atoms with Gasteiger partial charge in [-0.25, -0.2) is 0 Å². The Morgan fingerprint density at radius 3 is 2.11 bits per heavy atom. The first kappa shape index (κ1) is 19.2. The highest BCUT2D eigenvalue weighted by atomic mass is 35.5. The molecule has 0 aromatic heterocycles. The topological polar surface area (TPSA) is 69.6 Å². The first-order chi connectivity index (χ1) is 13.5. The number of halogens is 2. The van der Waals surface area contributed by atoms with E-state index in [9.17, 15) is 14.7 Å². The third-order valence-electron chi connectivity index (χ3n) is 5.39. The summed E-state index contributed by atoms with van der Waals surface area (Å²) in [5.74, 6) is -1.14. The van der Waals surface area contributed by atoms with E-state index in [1.807, 2.05) is 0 Å². The summed E-state index contributed by atoms with van der Waals surface area (Å²) >= 11 is 12.4. The number of anilines is 1. The van der Waals surface area contributed by atoms with Crippen LogP contribution in [-0.4, -0.2) is 47.8 Å². The molecule has 0 amide bonds. The quantitative estimate of drug-likeness (QED) is 0.615. The van der Waals surface area contributed by atoms with E-state index in [1.54, 1.807) is 6.07 Å². The van der Waals surface area contributed by atoms with E-state index in [0.29, 0.717) is 12.2 Å². The Morgan fingerprint density at radius 2 is 1.46 bits per heavy atom. The largest absolute Gasteiger partial charge is 0.507 e. The second-order valence-electron chi connectivity index (χ2n) is 7.15. The van der Waals surface area contributed by atoms with Gasteiger partial charge in [0.2, 0.25) is 0 Å². The molecule has 1 aliphatic heterocycles. The fraction of sp³-hybridized carbons (Fsp3) is 0.333. The molecular formula is C21H20Cl2N2O3. The lowest BCUT2D eigenvalue weighted by Crippen LogP contribution is -2.34. The fourth-order valence-electron chi connectivity index (χ4n) is 3.98. The Balaban J connectivity index is 1.68. The normalized spacial score (nSPS) is 16.6. The van der Waals surface area contributed by atoms with Crippen molar-refractivity contribution in [1.82, 2.24) is 4.90 Å². The van der Waals surface area contributed by atoms with Crippen molar-refractivity contribution in [1.29, 1.82) is 0 Å². The molecule has 146 valence electrons. The van der Waals surface area contributed by atoms with Crippen LogP contribution in [0.2, 0.25) is 10.0 Å². The number of aromatic hydroxyl groups is 1. The third kappa shape index (κ3) is 3.28. The van der Waals surface area contributed by atoms with Crippen molar-refractivity contribution in [3.63, 3.8) is 0 Å². The maximum absolute atomic E-state index is 13.2. The molecule has 7 heteroatoms. The minimum Gasteiger partial charge on any atom is -0.507 e. The van der Waals surface area contributed by atoms with Gasteiger partial charge >= 0.3 is 0 Å². The van der Waals surface area contributed by atoms with Gasteiger partial charge in [-0.2, -0.15) is 0 Å². The summed E-state index contributed by atoms with van der Waals surface area (Å²) in [6.07, 6.45) is 3.68. The molecule has 0 bridgehead atoms. The highest BCUT2D eigenvalue weighted by Gasteiger charge is 2.37. The maximum Gasteiger partial charge on any atom is 0.199 e. The number of phenols is 1. The predicted molar refractivity (Wildman–Crippen MR) is 110 cm³/mol.